The van der Waals surface area contributed by atoms with Crippen LogP contribution in [0, 0.1) is 0 Å². The molecule has 3 unspecified atom stereocenters. The Labute approximate surface area is 62.6 Å². The maximum Gasteiger partial charge on any atom is 0.113 e. The van der Waals surface area contributed by atoms with Crippen molar-refractivity contribution in [1.82, 2.24) is 5.32 Å². The van der Waals surface area contributed by atoms with Crippen molar-refractivity contribution in [2.24, 2.45) is 0 Å². The van der Waals surface area contributed by atoms with E-state index in [0.29, 0.717) is 5.54 Å². The van der Waals surface area contributed by atoms with E-state index >= 15 is 0 Å². The molecule has 3 atom stereocenters. The molecule has 3 saturated heterocycles. The van der Waals surface area contributed by atoms with Crippen LogP contribution in [0.5, 0.6) is 0 Å². The molecule has 3 heterocycles. The van der Waals surface area contributed by atoms with Crippen LogP contribution in [0.25, 0.3) is 0 Å². The fourth-order valence-electron chi connectivity index (χ4n) is 2.44. The van der Waals surface area contributed by atoms with Gasteiger partial charge in [0.2, 0.25) is 0 Å². The second-order valence-electron chi connectivity index (χ2n) is 4.31. The van der Waals surface area contributed by atoms with Crippen molar-refractivity contribution in [3.05, 3.63) is 0 Å². The lowest BCUT2D eigenvalue weighted by Crippen LogP contribution is -3.35. The Hall–Kier alpha value is -0.0800. The summed E-state index contributed by atoms with van der Waals surface area (Å²) in [5.74, 6) is 0. The molecule has 2 nitrogen and oxygen atoms in total. The molecule has 0 aromatic rings. The number of quaternary nitrogens is 1. The van der Waals surface area contributed by atoms with Crippen LogP contribution in [0.15, 0.2) is 0 Å². The largest absolute Gasteiger partial charge is 0.324 e. The molecule has 0 spiro atoms. The summed E-state index contributed by atoms with van der Waals surface area (Å²) in [5.41, 5.74) is 0.512. The summed E-state index contributed by atoms with van der Waals surface area (Å²) in [4.78, 5) is 1.79. The van der Waals surface area contributed by atoms with Gasteiger partial charge in [-0.1, -0.05) is 0 Å². The molecule has 0 aliphatic carbocycles. The smallest absolute Gasteiger partial charge is 0.113 e. The standard InChI is InChI=1S/C8H16N2/c1-6-4-9-7-5-10(6)8(7,2)3/h6-7,9H,4-5H2,1-3H3/p+1. The molecule has 2 bridgehead atoms. The molecule has 3 aliphatic heterocycles. The van der Waals surface area contributed by atoms with Gasteiger partial charge in [0.05, 0.1) is 12.6 Å². The third-order valence-corrected chi connectivity index (χ3v) is 3.39. The van der Waals surface area contributed by atoms with Crippen LogP contribution in [0.4, 0.5) is 0 Å². The minimum atomic E-state index is 0.512. The van der Waals surface area contributed by atoms with Crippen molar-refractivity contribution in [2.45, 2.75) is 38.4 Å². The monoisotopic (exact) mass is 141 g/mol. The van der Waals surface area contributed by atoms with E-state index in [1.807, 2.05) is 0 Å². The lowest BCUT2D eigenvalue weighted by atomic mass is 9.79. The van der Waals surface area contributed by atoms with Crippen LogP contribution in [-0.2, 0) is 0 Å². The minimum absolute atomic E-state index is 0.512. The Kier molecular flexibility index (Phi) is 1.15. The Balaban J connectivity index is 2.16. The predicted molar refractivity (Wildman–Crippen MR) is 41.2 cm³/mol. The van der Waals surface area contributed by atoms with Crippen LogP contribution in [0.2, 0.25) is 0 Å². The Morgan fingerprint density at radius 1 is 1.50 bits per heavy atom. The average molecular weight is 141 g/mol. The first-order valence-electron chi connectivity index (χ1n) is 4.22. The van der Waals surface area contributed by atoms with Crippen LogP contribution in [0.1, 0.15) is 20.8 Å². The predicted octanol–water partition coefficient (Wildman–Crippen LogP) is -0.976. The first-order valence-corrected chi connectivity index (χ1v) is 4.22. The zero-order chi connectivity index (χ0) is 7.35. The van der Waals surface area contributed by atoms with Gasteiger partial charge < -0.3 is 4.90 Å². The van der Waals surface area contributed by atoms with E-state index in [2.05, 4.69) is 26.1 Å². The highest BCUT2D eigenvalue weighted by Gasteiger charge is 2.56. The van der Waals surface area contributed by atoms with Gasteiger partial charge >= 0.3 is 0 Å². The van der Waals surface area contributed by atoms with Gasteiger partial charge in [0.25, 0.3) is 0 Å². The van der Waals surface area contributed by atoms with Crippen molar-refractivity contribution >= 4 is 0 Å². The van der Waals surface area contributed by atoms with Crippen molar-refractivity contribution in [3.63, 3.8) is 0 Å². The lowest BCUT2D eigenvalue weighted by Gasteiger charge is -2.58. The highest BCUT2D eigenvalue weighted by Crippen LogP contribution is 2.15. The van der Waals surface area contributed by atoms with Crippen molar-refractivity contribution in [3.8, 4) is 0 Å². The fourth-order valence-corrected chi connectivity index (χ4v) is 2.44. The van der Waals surface area contributed by atoms with E-state index in [0.717, 1.165) is 12.1 Å². The molecule has 0 amide bonds. The molecule has 2 heteroatoms. The van der Waals surface area contributed by atoms with E-state index in [-0.39, 0.29) is 0 Å². The van der Waals surface area contributed by atoms with E-state index in [1.165, 1.54) is 13.1 Å². The molecule has 3 fully saturated rings. The second kappa shape index (κ2) is 1.74. The van der Waals surface area contributed by atoms with Gasteiger partial charge in [0.1, 0.15) is 11.6 Å². The molecule has 2 N–H and O–H groups in total. The summed E-state index contributed by atoms with van der Waals surface area (Å²) >= 11 is 0. The van der Waals surface area contributed by atoms with Gasteiger partial charge in [-0.15, -0.1) is 0 Å². The molecule has 10 heavy (non-hydrogen) atoms. The van der Waals surface area contributed by atoms with E-state index in [9.17, 15) is 0 Å². The van der Waals surface area contributed by atoms with Gasteiger partial charge in [-0.2, -0.15) is 0 Å². The quantitative estimate of drug-likeness (QED) is 0.443. The summed E-state index contributed by atoms with van der Waals surface area (Å²) in [6, 6.07) is 1.61. The zero-order valence-electron chi connectivity index (χ0n) is 7.07. The number of piperazine rings is 2. The van der Waals surface area contributed by atoms with Gasteiger partial charge in [0, 0.05) is 6.54 Å². The molecule has 3 aliphatic rings. The molecule has 0 aromatic heterocycles. The summed E-state index contributed by atoms with van der Waals surface area (Å²) in [7, 11) is 0. The average Bonchev–Trinajstić information content (AvgIpc) is 1.87. The van der Waals surface area contributed by atoms with Crippen LogP contribution >= 0.6 is 0 Å². The maximum atomic E-state index is 3.57. The van der Waals surface area contributed by atoms with Gasteiger partial charge in [-0.3, -0.25) is 5.32 Å². The van der Waals surface area contributed by atoms with Crippen LogP contribution in [-0.4, -0.2) is 30.7 Å². The number of nitrogens with one attached hydrogen (secondary N) is 2. The molecule has 0 radical (unpaired) electrons. The fraction of sp³-hybridized carbons (Fsp3) is 1.00. The van der Waals surface area contributed by atoms with Crippen molar-refractivity contribution < 1.29 is 4.90 Å². The summed E-state index contributed by atoms with van der Waals surface area (Å²) < 4.78 is 0. The van der Waals surface area contributed by atoms with E-state index in [1.54, 1.807) is 4.90 Å². The summed E-state index contributed by atoms with van der Waals surface area (Å²) in [5, 5.41) is 3.57. The SMILES string of the molecule is CC1CNC2C[NH+]1C2(C)C. The van der Waals surface area contributed by atoms with E-state index < -0.39 is 0 Å². The van der Waals surface area contributed by atoms with Gasteiger partial charge in [-0.05, 0) is 20.8 Å². The van der Waals surface area contributed by atoms with E-state index in [4.69, 9.17) is 0 Å². The molecule has 58 valence electrons. The highest BCUT2D eigenvalue weighted by atomic mass is 15.4. The lowest BCUT2D eigenvalue weighted by molar-refractivity contribution is -1.02. The third kappa shape index (κ3) is 0.611. The Morgan fingerprint density at radius 3 is 2.50 bits per heavy atom. The molecular weight excluding hydrogens is 124 g/mol. The summed E-state index contributed by atoms with van der Waals surface area (Å²) in [6.07, 6.45) is 0. The van der Waals surface area contributed by atoms with Gasteiger partial charge in [-0.25, -0.2) is 0 Å². The highest BCUT2D eigenvalue weighted by molar-refractivity contribution is 4.95. The number of fused-ring (bicyclic) bond motifs is 2. The third-order valence-electron chi connectivity index (χ3n) is 3.39. The molecular formula is C8H17N2+. The molecule has 3 rings (SSSR count). The zero-order valence-corrected chi connectivity index (χ0v) is 7.07. The maximum absolute atomic E-state index is 3.57. The number of hydrogen-bond acceptors (Lipinski definition) is 1. The molecule has 0 aromatic carbocycles. The minimum Gasteiger partial charge on any atom is -0.324 e. The van der Waals surface area contributed by atoms with Crippen molar-refractivity contribution in [2.75, 3.05) is 13.1 Å². The topological polar surface area (TPSA) is 16.5 Å². The normalized spacial score (nSPS) is 50.1. The second-order valence-corrected chi connectivity index (χ2v) is 4.31. The van der Waals surface area contributed by atoms with Crippen LogP contribution < -0.4 is 10.2 Å². The van der Waals surface area contributed by atoms with Crippen LogP contribution in [0.3, 0.4) is 0 Å². The molecule has 0 saturated carbocycles. The number of rotatable bonds is 0. The van der Waals surface area contributed by atoms with Crippen molar-refractivity contribution in [1.29, 1.82) is 0 Å². The summed E-state index contributed by atoms with van der Waals surface area (Å²) in [6.45, 7) is 9.61. The Bertz CT molecular complexity index is 151. The number of hydrogen-bond donors (Lipinski definition) is 2. The van der Waals surface area contributed by atoms with Gasteiger partial charge in [0.15, 0.2) is 0 Å². The first-order chi connectivity index (χ1) is 4.62. The Morgan fingerprint density at radius 2 is 2.20 bits per heavy atom. The first kappa shape index (κ1) is 6.62.